The van der Waals surface area contributed by atoms with Crippen molar-refractivity contribution in [3.8, 4) is 17.6 Å². The quantitative estimate of drug-likeness (QED) is 0.518. The van der Waals surface area contributed by atoms with E-state index in [4.69, 9.17) is 14.7 Å². The average Bonchev–Trinajstić information content (AvgIpc) is 2.63. The van der Waals surface area contributed by atoms with Crippen molar-refractivity contribution in [2.75, 3.05) is 6.61 Å². The molecule has 0 atom stereocenters. The second-order valence-electron chi connectivity index (χ2n) is 5.50. The van der Waals surface area contributed by atoms with E-state index in [1.807, 2.05) is 55.5 Å². The number of nitriles is 1. The molecule has 0 aliphatic carbocycles. The fraction of sp³-hybridized carbons (Fsp3) is 0.143. The van der Waals surface area contributed by atoms with Gasteiger partial charge in [-0.05, 0) is 35.4 Å². The molecule has 0 bridgehead atoms. The van der Waals surface area contributed by atoms with E-state index in [1.54, 1.807) is 18.2 Å². The van der Waals surface area contributed by atoms with Gasteiger partial charge in [-0.3, -0.25) is 4.79 Å². The van der Waals surface area contributed by atoms with Crippen LogP contribution in [0.3, 0.4) is 0 Å². The number of hydrogen-bond acceptors (Lipinski definition) is 4. The maximum Gasteiger partial charge on any atom is 0.315 e. The Morgan fingerprint density at radius 2 is 1.84 bits per heavy atom. The first kappa shape index (κ1) is 16.5. The molecule has 3 aromatic rings. The molecule has 0 heterocycles. The number of ether oxygens (including phenoxy) is 2. The van der Waals surface area contributed by atoms with Crippen LogP contribution in [0.1, 0.15) is 18.1 Å². The lowest BCUT2D eigenvalue weighted by Crippen LogP contribution is -2.12. The van der Waals surface area contributed by atoms with E-state index in [9.17, 15) is 4.79 Å². The first-order valence-corrected chi connectivity index (χ1v) is 8.05. The van der Waals surface area contributed by atoms with Crippen molar-refractivity contribution in [1.29, 1.82) is 5.26 Å². The molecular weight excluding hydrogens is 314 g/mol. The number of carbonyl (C=O) groups excluding carboxylic acids is 1. The summed E-state index contributed by atoms with van der Waals surface area (Å²) < 4.78 is 10.9. The summed E-state index contributed by atoms with van der Waals surface area (Å²) in [6.45, 7) is 2.25. The molecule has 0 spiro atoms. The van der Waals surface area contributed by atoms with E-state index >= 15 is 0 Å². The third-order valence-electron chi connectivity index (χ3n) is 3.81. The second kappa shape index (κ2) is 7.50. The van der Waals surface area contributed by atoms with E-state index in [-0.39, 0.29) is 12.4 Å². The SMILES string of the molecule is CCOc1cc(C#N)ccc1OC(=O)Cc1cccc2ccccc12. The van der Waals surface area contributed by atoms with Gasteiger partial charge in [-0.15, -0.1) is 0 Å². The van der Waals surface area contributed by atoms with Gasteiger partial charge in [0.05, 0.1) is 24.7 Å². The van der Waals surface area contributed by atoms with Gasteiger partial charge < -0.3 is 9.47 Å². The molecule has 0 radical (unpaired) electrons. The second-order valence-corrected chi connectivity index (χ2v) is 5.50. The third-order valence-corrected chi connectivity index (χ3v) is 3.81. The standard InChI is InChI=1S/C21H17NO3/c1-2-24-20-12-15(14-22)10-11-19(20)25-21(23)13-17-8-5-7-16-6-3-4-9-18(16)17/h3-12H,2,13H2,1H3. The number of rotatable bonds is 5. The third kappa shape index (κ3) is 3.78. The minimum Gasteiger partial charge on any atom is -0.490 e. The van der Waals surface area contributed by atoms with Crippen LogP contribution in [0.15, 0.2) is 60.7 Å². The van der Waals surface area contributed by atoms with Crippen LogP contribution in [0.4, 0.5) is 0 Å². The van der Waals surface area contributed by atoms with Crippen LogP contribution in [-0.4, -0.2) is 12.6 Å². The van der Waals surface area contributed by atoms with E-state index in [0.717, 1.165) is 16.3 Å². The molecule has 0 amide bonds. The molecule has 0 saturated carbocycles. The zero-order valence-corrected chi connectivity index (χ0v) is 13.9. The van der Waals surface area contributed by atoms with Crippen molar-refractivity contribution in [2.45, 2.75) is 13.3 Å². The monoisotopic (exact) mass is 331 g/mol. The molecule has 4 nitrogen and oxygen atoms in total. The number of fused-ring (bicyclic) bond motifs is 1. The van der Waals surface area contributed by atoms with Gasteiger partial charge in [0.1, 0.15) is 0 Å². The molecule has 0 fully saturated rings. The summed E-state index contributed by atoms with van der Waals surface area (Å²) in [4.78, 5) is 12.4. The van der Waals surface area contributed by atoms with E-state index in [1.165, 1.54) is 0 Å². The zero-order valence-electron chi connectivity index (χ0n) is 13.9. The van der Waals surface area contributed by atoms with Crippen molar-refractivity contribution in [2.24, 2.45) is 0 Å². The lowest BCUT2D eigenvalue weighted by atomic mass is 10.0. The van der Waals surface area contributed by atoms with Gasteiger partial charge in [-0.25, -0.2) is 0 Å². The summed E-state index contributed by atoms with van der Waals surface area (Å²) in [5.74, 6) is 0.348. The molecule has 0 unspecified atom stereocenters. The van der Waals surface area contributed by atoms with Gasteiger partial charge in [0, 0.05) is 6.07 Å². The number of benzene rings is 3. The summed E-state index contributed by atoms with van der Waals surface area (Å²) in [6.07, 6.45) is 0.160. The minimum atomic E-state index is -0.373. The van der Waals surface area contributed by atoms with Crippen LogP contribution in [0.5, 0.6) is 11.5 Å². The molecule has 4 heteroatoms. The Balaban J connectivity index is 1.82. The maximum atomic E-state index is 12.4. The van der Waals surface area contributed by atoms with Crippen molar-refractivity contribution in [1.82, 2.24) is 0 Å². The average molecular weight is 331 g/mol. The number of carbonyl (C=O) groups is 1. The summed E-state index contributed by atoms with van der Waals surface area (Å²) in [7, 11) is 0. The van der Waals surface area contributed by atoms with Gasteiger partial charge in [0.15, 0.2) is 11.5 Å². The molecular formula is C21H17NO3. The van der Waals surface area contributed by atoms with Crippen LogP contribution in [-0.2, 0) is 11.2 Å². The summed E-state index contributed by atoms with van der Waals surface area (Å²) in [5, 5.41) is 11.1. The Labute approximate surface area is 146 Å². The Hall–Kier alpha value is -3.32. The Kier molecular flexibility index (Phi) is 4.96. The van der Waals surface area contributed by atoms with Crippen LogP contribution in [0, 0.1) is 11.3 Å². The maximum absolute atomic E-state index is 12.4. The first-order valence-electron chi connectivity index (χ1n) is 8.05. The van der Waals surface area contributed by atoms with Crippen LogP contribution in [0.2, 0.25) is 0 Å². The van der Waals surface area contributed by atoms with E-state index in [2.05, 4.69) is 0 Å². The van der Waals surface area contributed by atoms with Crippen molar-refractivity contribution in [3.63, 3.8) is 0 Å². The minimum absolute atomic E-state index is 0.160. The zero-order chi connectivity index (χ0) is 17.6. The lowest BCUT2D eigenvalue weighted by molar-refractivity contribution is -0.133. The fourth-order valence-electron chi connectivity index (χ4n) is 2.69. The predicted molar refractivity (Wildman–Crippen MR) is 95.6 cm³/mol. The number of nitrogens with zero attached hydrogens (tertiary/aromatic N) is 1. The Morgan fingerprint density at radius 1 is 1.04 bits per heavy atom. The fourth-order valence-corrected chi connectivity index (χ4v) is 2.69. The van der Waals surface area contributed by atoms with Gasteiger partial charge in [0.2, 0.25) is 0 Å². The van der Waals surface area contributed by atoms with Crippen LogP contribution < -0.4 is 9.47 Å². The van der Waals surface area contributed by atoms with Crippen molar-refractivity contribution in [3.05, 3.63) is 71.8 Å². The molecule has 0 aromatic heterocycles. The predicted octanol–water partition coefficient (Wildman–Crippen LogP) is 4.26. The Morgan fingerprint density at radius 3 is 2.64 bits per heavy atom. The van der Waals surface area contributed by atoms with Gasteiger partial charge in [0.25, 0.3) is 0 Å². The van der Waals surface area contributed by atoms with Crippen LogP contribution in [0.25, 0.3) is 10.8 Å². The number of esters is 1. The molecule has 0 aliphatic heterocycles. The van der Waals surface area contributed by atoms with Gasteiger partial charge in [-0.1, -0.05) is 42.5 Å². The smallest absolute Gasteiger partial charge is 0.315 e. The highest BCUT2D eigenvalue weighted by Crippen LogP contribution is 2.29. The highest BCUT2D eigenvalue weighted by atomic mass is 16.6. The van der Waals surface area contributed by atoms with Crippen molar-refractivity contribution < 1.29 is 14.3 Å². The first-order chi connectivity index (χ1) is 12.2. The Bertz CT molecular complexity index is 952. The number of hydrogen-bond donors (Lipinski definition) is 0. The largest absolute Gasteiger partial charge is 0.490 e. The van der Waals surface area contributed by atoms with E-state index < -0.39 is 0 Å². The molecule has 25 heavy (non-hydrogen) atoms. The van der Waals surface area contributed by atoms with Gasteiger partial charge >= 0.3 is 5.97 Å². The van der Waals surface area contributed by atoms with Gasteiger partial charge in [-0.2, -0.15) is 5.26 Å². The summed E-state index contributed by atoms with van der Waals surface area (Å²) >= 11 is 0. The van der Waals surface area contributed by atoms with Crippen LogP contribution >= 0.6 is 0 Å². The molecule has 0 aliphatic rings. The lowest BCUT2D eigenvalue weighted by Gasteiger charge is -2.11. The molecule has 0 N–H and O–H groups in total. The topological polar surface area (TPSA) is 59.3 Å². The van der Waals surface area contributed by atoms with E-state index in [0.29, 0.717) is 23.7 Å². The highest BCUT2D eigenvalue weighted by Gasteiger charge is 2.13. The molecule has 3 rings (SSSR count). The molecule has 0 saturated heterocycles. The summed E-state index contributed by atoms with van der Waals surface area (Å²) in [5.41, 5.74) is 1.37. The highest BCUT2D eigenvalue weighted by molar-refractivity contribution is 5.89. The molecule has 124 valence electrons. The van der Waals surface area contributed by atoms with Crippen molar-refractivity contribution >= 4 is 16.7 Å². The summed E-state index contributed by atoms with van der Waals surface area (Å²) in [6, 6.07) is 20.6. The molecule has 3 aromatic carbocycles. The normalized spacial score (nSPS) is 10.2.